The molecule has 6 nitrogen and oxygen atoms in total. The van der Waals surface area contributed by atoms with Crippen LogP contribution in [0.15, 0.2) is 30.9 Å². The van der Waals surface area contributed by atoms with Crippen LogP contribution in [-0.2, 0) is 0 Å². The Morgan fingerprint density at radius 2 is 2.32 bits per heavy atom. The molecule has 1 heterocycles. The van der Waals surface area contributed by atoms with E-state index in [1.54, 1.807) is 24.3 Å². The molecule has 0 saturated carbocycles. The van der Waals surface area contributed by atoms with Gasteiger partial charge in [-0.05, 0) is 18.2 Å². The van der Waals surface area contributed by atoms with Gasteiger partial charge in [-0.25, -0.2) is 0 Å². The van der Waals surface area contributed by atoms with Crippen LogP contribution in [0.25, 0.3) is 0 Å². The number of carbonyl (C=O) groups is 1. The molecule has 0 aromatic heterocycles. The zero-order chi connectivity index (χ0) is 15.9. The number of benzene rings is 1. The Bertz CT molecular complexity index is 533. The summed E-state index contributed by atoms with van der Waals surface area (Å²) in [5, 5.41) is 15.6. The lowest BCUT2D eigenvalue weighted by atomic mass is 10.1. The molecule has 1 saturated heterocycles. The van der Waals surface area contributed by atoms with Gasteiger partial charge >= 0.3 is 0 Å². The first-order valence-electron chi connectivity index (χ1n) is 7.24. The summed E-state index contributed by atoms with van der Waals surface area (Å²) >= 11 is 0. The molecule has 1 fully saturated rings. The summed E-state index contributed by atoms with van der Waals surface area (Å²) < 4.78 is 10.7. The quantitative estimate of drug-likeness (QED) is 0.642. The van der Waals surface area contributed by atoms with Gasteiger partial charge in [-0.3, -0.25) is 4.79 Å². The van der Waals surface area contributed by atoms with Gasteiger partial charge in [0.05, 0.1) is 13.2 Å². The summed E-state index contributed by atoms with van der Waals surface area (Å²) in [6.07, 6.45) is 1.23. The van der Waals surface area contributed by atoms with E-state index in [9.17, 15) is 9.90 Å². The van der Waals surface area contributed by atoms with Crippen molar-refractivity contribution < 1.29 is 19.4 Å². The highest BCUT2D eigenvalue weighted by molar-refractivity contribution is 5.94. The molecule has 3 N–H and O–H groups in total. The van der Waals surface area contributed by atoms with E-state index in [0.717, 1.165) is 0 Å². The Morgan fingerprint density at radius 1 is 1.50 bits per heavy atom. The maximum Gasteiger partial charge on any atom is 0.251 e. The number of amides is 1. The molecule has 0 aliphatic carbocycles. The fourth-order valence-corrected chi connectivity index (χ4v) is 2.33. The highest BCUT2D eigenvalue weighted by Crippen LogP contribution is 2.28. The lowest BCUT2D eigenvalue weighted by molar-refractivity contribution is 0.0926. The van der Waals surface area contributed by atoms with Gasteiger partial charge in [-0.1, -0.05) is 12.7 Å². The largest absolute Gasteiger partial charge is 0.493 e. The minimum absolute atomic E-state index is 0.0426. The Balaban J connectivity index is 1.98. The van der Waals surface area contributed by atoms with Gasteiger partial charge in [0.1, 0.15) is 6.61 Å². The van der Waals surface area contributed by atoms with Gasteiger partial charge in [0, 0.05) is 31.1 Å². The Labute approximate surface area is 130 Å². The first-order valence-corrected chi connectivity index (χ1v) is 7.24. The minimum atomic E-state index is -0.412. The van der Waals surface area contributed by atoms with Gasteiger partial charge in [-0.2, -0.15) is 0 Å². The van der Waals surface area contributed by atoms with E-state index in [4.69, 9.17) is 9.47 Å². The summed E-state index contributed by atoms with van der Waals surface area (Å²) in [6.45, 7) is 5.67. The second kappa shape index (κ2) is 7.82. The lowest BCUT2D eigenvalue weighted by Gasteiger charge is -2.15. The van der Waals surface area contributed by atoms with E-state index < -0.39 is 6.10 Å². The second-order valence-electron chi connectivity index (χ2n) is 5.16. The van der Waals surface area contributed by atoms with Crippen LogP contribution in [0.4, 0.5) is 0 Å². The number of nitrogens with one attached hydrogen (secondary N) is 2. The van der Waals surface area contributed by atoms with Crippen molar-refractivity contribution in [1.82, 2.24) is 10.6 Å². The Hall–Kier alpha value is -2.05. The molecule has 2 unspecified atom stereocenters. The minimum Gasteiger partial charge on any atom is -0.493 e. The number of carbonyl (C=O) groups excluding carboxylic acids is 1. The summed E-state index contributed by atoms with van der Waals surface area (Å²) in [7, 11) is 1.53. The Kier molecular flexibility index (Phi) is 5.80. The standard InChI is InChI=1S/C16H22N2O4/c1-3-6-22-14-5-4-11(7-15(14)21-2)16(20)18-9-12-8-17-10-13(12)19/h3-5,7,12-13,17,19H,1,6,8-10H2,2H3,(H,18,20). The van der Waals surface area contributed by atoms with E-state index >= 15 is 0 Å². The fraction of sp³-hybridized carbons (Fsp3) is 0.438. The maximum absolute atomic E-state index is 12.2. The molecule has 120 valence electrons. The number of β-amino-alcohol motifs (C(OH)–C–C–N with tert-alkyl or cyclic N) is 1. The number of hydrogen-bond acceptors (Lipinski definition) is 5. The zero-order valence-electron chi connectivity index (χ0n) is 12.7. The normalized spacial score (nSPS) is 20.5. The van der Waals surface area contributed by atoms with E-state index in [0.29, 0.717) is 43.3 Å². The number of rotatable bonds is 7. The van der Waals surface area contributed by atoms with Crippen molar-refractivity contribution in [2.45, 2.75) is 6.10 Å². The summed E-state index contributed by atoms with van der Waals surface area (Å²) in [6, 6.07) is 5.01. The number of ether oxygens (including phenoxy) is 2. The molecule has 2 rings (SSSR count). The Morgan fingerprint density at radius 3 is 2.95 bits per heavy atom. The van der Waals surface area contributed by atoms with Crippen molar-refractivity contribution in [3.8, 4) is 11.5 Å². The highest BCUT2D eigenvalue weighted by atomic mass is 16.5. The molecule has 0 bridgehead atoms. The van der Waals surface area contributed by atoms with Crippen LogP contribution in [0.2, 0.25) is 0 Å². The van der Waals surface area contributed by atoms with Crippen LogP contribution < -0.4 is 20.1 Å². The van der Waals surface area contributed by atoms with Crippen molar-refractivity contribution in [3.05, 3.63) is 36.4 Å². The van der Waals surface area contributed by atoms with Crippen molar-refractivity contribution >= 4 is 5.91 Å². The fourth-order valence-electron chi connectivity index (χ4n) is 2.33. The van der Waals surface area contributed by atoms with Gasteiger partial charge < -0.3 is 25.2 Å². The van der Waals surface area contributed by atoms with Crippen molar-refractivity contribution in [1.29, 1.82) is 0 Å². The topological polar surface area (TPSA) is 79.8 Å². The molecule has 1 aromatic carbocycles. The molecule has 1 amide bonds. The maximum atomic E-state index is 12.2. The van der Waals surface area contributed by atoms with Crippen LogP contribution in [0, 0.1) is 5.92 Å². The van der Waals surface area contributed by atoms with Crippen LogP contribution >= 0.6 is 0 Å². The first-order chi connectivity index (χ1) is 10.7. The van der Waals surface area contributed by atoms with E-state index in [2.05, 4.69) is 17.2 Å². The predicted octanol–water partition coefficient (Wildman–Crippen LogP) is 0.570. The van der Waals surface area contributed by atoms with Gasteiger partial charge in [0.25, 0.3) is 5.91 Å². The molecular weight excluding hydrogens is 284 g/mol. The van der Waals surface area contributed by atoms with E-state index in [-0.39, 0.29) is 11.8 Å². The predicted molar refractivity (Wildman–Crippen MR) is 83.4 cm³/mol. The molecule has 0 radical (unpaired) electrons. The van der Waals surface area contributed by atoms with Crippen LogP contribution in [-0.4, -0.2) is 50.5 Å². The molecule has 6 heteroatoms. The van der Waals surface area contributed by atoms with E-state index in [1.807, 2.05) is 0 Å². The average Bonchev–Trinajstić information content (AvgIpc) is 2.95. The second-order valence-corrected chi connectivity index (χ2v) is 5.16. The molecule has 1 aliphatic heterocycles. The van der Waals surface area contributed by atoms with Crippen LogP contribution in [0.3, 0.4) is 0 Å². The van der Waals surface area contributed by atoms with Gasteiger partial charge in [0.2, 0.25) is 0 Å². The van der Waals surface area contributed by atoms with Gasteiger partial charge in [-0.15, -0.1) is 0 Å². The molecule has 2 atom stereocenters. The summed E-state index contributed by atoms with van der Waals surface area (Å²) in [5.74, 6) is 0.903. The third-order valence-electron chi connectivity index (χ3n) is 3.61. The highest BCUT2D eigenvalue weighted by Gasteiger charge is 2.25. The van der Waals surface area contributed by atoms with Crippen molar-refractivity contribution in [2.24, 2.45) is 5.92 Å². The third-order valence-corrected chi connectivity index (χ3v) is 3.61. The van der Waals surface area contributed by atoms with Crippen molar-refractivity contribution in [2.75, 3.05) is 33.4 Å². The SMILES string of the molecule is C=CCOc1ccc(C(=O)NCC2CNCC2O)cc1OC. The number of methoxy groups -OCH3 is 1. The number of hydrogen-bond donors (Lipinski definition) is 3. The van der Waals surface area contributed by atoms with Crippen molar-refractivity contribution in [3.63, 3.8) is 0 Å². The van der Waals surface area contributed by atoms with Crippen LogP contribution in [0.5, 0.6) is 11.5 Å². The summed E-state index contributed by atoms with van der Waals surface area (Å²) in [5.41, 5.74) is 0.489. The molecule has 1 aromatic rings. The molecule has 22 heavy (non-hydrogen) atoms. The lowest BCUT2D eigenvalue weighted by Crippen LogP contribution is -2.34. The monoisotopic (exact) mass is 306 g/mol. The number of aliphatic hydroxyl groups excluding tert-OH is 1. The summed E-state index contributed by atoms with van der Waals surface area (Å²) in [4.78, 5) is 12.2. The molecular formula is C16H22N2O4. The van der Waals surface area contributed by atoms with Crippen LogP contribution in [0.1, 0.15) is 10.4 Å². The molecule has 0 spiro atoms. The average molecular weight is 306 g/mol. The number of aliphatic hydroxyl groups is 1. The smallest absolute Gasteiger partial charge is 0.251 e. The zero-order valence-corrected chi connectivity index (χ0v) is 12.7. The third kappa shape index (κ3) is 3.99. The van der Waals surface area contributed by atoms with E-state index in [1.165, 1.54) is 7.11 Å². The molecule has 1 aliphatic rings. The van der Waals surface area contributed by atoms with Gasteiger partial charge in [0.15, 0.2) is 11.5 Å². The first kappa shape index (κ1) is 16.3.